The molecule has 1 aromatic rings. The van der Waals surface area contributed by atoms with Crippen molar-refractivity contribution in [3.63, 3.8) is 0 Å². The number of benzene rings is 1. The van der Waals surface area contributed by atoms with E-state index in [9.17, 15) is 9.59 Å². The molecule has 6 nitrogen and oxygen atoms in total. The second kappa shape index (κ2) is 7.69. The average Bonchev–Trinajstić information content (AvgIpc) is 2.46. The molecule has 0 saturated carbocycles. The van der Waals surface area contributed by atoms with Gasteiger partial charge in [0.2, 0.25) is 5.91 Å². The van der Waals surface area contributed by atoms with Gasteiger partial charge in [0.25, 0.3) is 0 Å². The van der Waals surface area contributed by atoms with Gasteiger partial charge in [-0.3, -0.25) is 9.69 Å². The highest BCUT2D eigenvalue weighted by molar-refractivity contribution is 5.93. The van der Waals surface area contributed by atoms with E-state index in [1.165, 1.54) is 7.11 Å². The van der Waals surface area contributed by atoms with E-state index in [4.69, 9.17) is 11.2 Å². The molecule has 0 aliphatic heterocycles. The third-order valence-corrected chi connectivity index (χ3v) is 2.42. The van der Waals surface area contributed by atoms with Crippen molar-refractivity contribution in [2.45, 2.75) is 0 Å². The van der Waals surface area contributed by atoms with E-state index < -0.39 is 6.09 Å². The van der Waals surface area contributed by atoms with Gasteiger partial charge in [0, 0.05) is 5.69 Å². The van der Waals surface area contributed by atoms with E-state index in [1.54, 1.807) is 31.4 Å². The van der Waals surface area contributed by atoms with Crippen LogP contribution >= 0.6 is 0 Å². The van der Waals surface area contributed by atoms with E-state index in [2.05, 4.69) is 16.0 Å². The lowest BCUT2D eigenvalue weighted by molar-refractivity contribution is -0.116. The first kappa shape index (κ1) is 15.4. The van der Waals surface area contributed by atoms with Crippen molar-refractivity contribution in [2.24, 2.45) is 0 Å². The molecule has 0 aliphatic carbocycles. The van der Waals surface area contributed by atoms with Crippen molar-refractivity contribution in [3.8, 4) is 18.1 Å². The lowest BCUT2D eigenvalue weighted by Crippen LogP contribution is -2.38. The summed E-state index contributed by atoms with van der Waals surface area (Å²) in [7, 11) is 2.79. The van der Waals surface area contributed by atoms with Crippen LogP contribution in [0.2, 0.25) is 0 Å². The zero-order chi connectivity index (χ0) is 15.0. The summed E-state index contributed by atoms with van der Waals surface area (Å²) in [6.45, 7) is -0.175. The molecule has 0 bridgehead atoms. The maximum atomic E-state index is 11.8. The zero-order valence-corrected chi connectivity index (χ0v) is 11.4. The van der Waals surface area contributed by atoms with E-state index in [0.29, 0.717) is 11.4 Å². The van der Waals surface area contributed by atoms with E-state index >= 15 is 0 Å². The Kier molecular flexibility index (Phi) is 5.91. The van der Waals surface area contributed by atoms with Gasteiger partial charge >= 0.3 is 6.09 Å². The highest BCUT2D eigenvalue weighted by atomic mass is 16.5. The number of hydrogen-bond acceptors (Lipinski definition) is 4. The standard InChI is InChI=1S/C14H16N2O4/c1-4-9-16(14(18)20-3)10-13(17)15-11-5-7-12(19-2)8-6-11/h1,5-8H,9-10H2,2-3H3,(H,15,17). The Hall–Kier alpha value is -2.68. The minimum atomic E-state index is -0.646. The van der Waals surface area contributed by atoms with Crippen LogP contribution in [0.4, 0.5) is 10.5 Å². The molecule has 0 radical (unpaired) electrons. The fourth-order valence-electron chi connectivity index (χ4n) is 1.47. The summed E-state index contributed by atoms with van der Waals surface area (Å²) in [4.78, 5) is 24.3. The van der Waals surface area contributed by atoms with Crippen molar-refractivity contribution < 1.29 is 19.1 Å². The van der Waals surface area contributed by atoms with Crippen LogP contribution in [0.5, 0.6) is 5.75 Å². The largest absolute Gasteiger partial charge is 0.497 e. The lowest BCUT2D eigenvalue weighted by Gasteiger charge is -2.17. The average molecular weight is 276 g/mol. The fraction of sp³-hybridized carbons (Fsp3) is 0.286. The number of rotatable bonds is 5. The summed E-state index contributed by atoms with van der Waals surface area (Å²) in [5.41, 5.74) is 0.598. The summed E-state index contributed by atoms with van der Waals surface area (Å²) >= 11 is 0. The zero-order valence-electron chi connectivity index (χ0n) is 11.4. The molecule has 106 valence electrons. The SMILES string of the molecule is C#CCN(CC(=O)Nc1ccc(OC)cc1)C(=O)OC. The van der Waals surface area contributed by atoms with Gasteiger partial charge in [0.15, 0.2) is 0 Å². The van der Waals surface area contributed by atoms with Gasteiger partial charge in [-0.25, -0.2) is 4.79 Å². The van der Waals surface area contributed by atoms with Gasteiger partial charge in [0.1, 0.15) is 12.3 Å². The van der Waals surface area contributed by atoms with Crippen molar-refractivity contribution in [2.75, 3.05) is 32.6 Å². The number of ether oxygens (including phenoxy) is 2. The summed E-state index contributed by atoms with van der Waals surface area (Å²) in [6, 6.07) is 6.82. The first-order chi connectivity index (χ1) is 9.60. The molecule has 0 heterocycles. The van der Waals surface area contributed by atoms with E-state index in [1.807, 2.05) is 0 Å². The summed E-state index contributed by atoms with van der Waals surface area (Å²) in [5, 5.41) is 2.65. The molecule has 0 atom stereocenters. The van der Waals surface area contributed by atoms with Gasteiger partial charge in [-0.1, -0.05) is 5.92 Å². The first-order valence-electron chi connectivity index (χ1n) is 5.81. The van der Waals surface area contributed by atoms with Crippen LogP contribution < -0.4 is 10.1 Å². The number of carbonyl (C=O) groups is 2. The second-order valence-corrected chi connectivity index (χ2v) is 3.81. The molecule has 0 aliphatic rings. The molecule has 6 heteroatoms. The minimum absolute atomic E-state index is 0.00268. The van der Waals surface area contributed by atoms with Crippen LogP contribution in [0.25, 0.3) is 0 Å². The molecule has 0 fully saturated rings. The fourth-order valence-corrected chi connectivity index (χ4v) is 1.47. The number of nitrogens with one attached hydrogen (secondary N) is 1. The minimum Gasteiger partial charge on any atom is -0.497 e. The van der Waals surface area contributed by atoms with E-state index in [0.717, 1.165) is 4.90 Å². The van der Waals surface area contributed by atoms with Gasteiger partial charge in [-0.2, -0.15) is 0 Å². The maximum absolute atomic E-state index is 11.8. The topological polar surface area (TPSA) is 67.9 Å². The third-order valence-electron chi connectivity index (χ3n) is 2.42. The first-order valence-corrected chi connectivity index (χ1v) is 5.81. The monoisotopic (exact) mass is 276 g/mol. The second-order valence-electron chi connectivity index (χ2n) is 3.81. The van der Waals surface area contributed by atoms with Crippen LogP contribution in [-0.4, -0.2) is 44.2 Å². The molecular formula is C14H16N2O4. The quantitative estimate of drug-likeness (QED) is 0.824. The molecule has 0 aromatic heterocycles. The number of amides is 2. The van der Waals surface area contributed by atoms with Crippen LogP contribution in [0.3, 0.4) is 0 Å². The number of hydrogen-bond donors (Lipinski definition) is 1. The Morgan fingerprint density at radius 1 is 1.30 bits per heavy atom. The van der Waals surface area contributed by atoms with Crippen LogP contribution in [0.1, 0.15) is 0 Å². The maximum Gasteiger partial charge on any atom is 0.410 e. The van der Waals surface area contributed by atoms with Crippen molar-refractivity contribution >= 4 is 17.7 Å². The lowest BCUT2D eigenvalue weighted by atomic mass is 10.3. The summed E-state index contributed by atoms with van der Waals surface area (Å²) in [6.07, 6.45) is 4.49. The molecule has 0 unspecified atom stereocenters. The number of carbonyl (C=O) groups excluding carboxylic acids is 2. The Morgan fingerprint density at radius 3 is 2.45 bits per heavy atom. The molecule has 0 spiro atoms. The van der Waals surface area contributed by atoms with Gasteiger partial charge in [0.05, 0.1) is 20.8 Å². The molecule has 1 rings (SSSR count). The Morgan fingerprint density at radius 2 is 1.95 bits per heavy atom. The predicted molar refractivity (Wildman–Crippen MR) is 74.4 cm³/mol. The van der Waals surface area contributed by atoms with E-state index in [-0.39, 0.29) is 19.0 Å². The highest BCUT2D eigenvalue weighted by Crippen LogP contribution is 2.14. The molecule has 1 aromatic carbocycles. The van der Waals surface area contributed by atoms with Crippen molar-refractivity contribution in [1.82, 2.24) is 4.90 Å². The third kappa shape index (κ3) is 4.53. The number of anilines is 1. The molecular weight excluding hydrogens is 260 g/mol. The molecule has 2 amide bonds. The van der Waals surface area contributed by atoms with Gasteiger partial charge in [-0.15, -0.1) is 6.42 Å². The normalized spacial score (nSPS) is 9.25. The van der Waals surface area contributed by atoms with Crippen molar-refractivity contribution in [1.29, 1.82) is 0 Å². The summed E-state index contributed by atoms with van der Waals surface area (Å²) < 4.78 is 9.55. The molecule has 20 heavy (non-hydrogen) atoms. The van der Waals surface area contributed by atoms with Crippen molar-refractivity contribution in [3.05, 3.63) is 24.3 Å². The number of methoxy groups -OCH3 is 2. The van der Waals surface area contributed by atoms with Crippen LogP contribution in [-0.2, 0) is 9.53 Å². The number of terminal acetylenes is 1. The predicted octanol–water partition coefficient (Wildman–Crippen LogP) is 1.34. The van der Waals surface area contributed by atoms with Crippen LogP contribution in [0.15, 0.2) is 24.3 Å². The Balaban J connectivity index is 2.60. The molecule has 0 saturated heterocycles. The Bertz CT molecular complexity index is 505. The Labute approximate surface area is 117 Å². The van der Waals surface area contributed by atoms with Gasteiger partial charge < -0.3 is 14.8 Å². The highest BCUT2D eigenvalue weighted by Gasteiger charge is 2.16. The summed E-state index contributed by atoms with van der Waals surface area (Å²) in [5.74, 6) is 2.62. The number of nitrogens with zero attached hydrogens (tertiary/aromatic N) is 1. The van der Waals surface area contributed by atoms with Gasteiger partial charge in [-0.05, 0) is 24.3 Å². The molecule has 1 N–H and O–H groups in total. The smallest absolute Gasteiger partial charge is 0.410 e. The van der Waals surface area contributed by atoms with Crippen LogP contribution in [0, 0.1) is 12.3 Å².